The van der Waals surface area contributed by atoms with E-state index in [0.717, 1.165) is 36.9 Å². The van der Waals surface area contributed by atoms with Crippen molar-refractivity contribution < 1.29 is 9.32 Å². The predicted octanol–water partition coefficient (Wildman–Crippen LogP) is 4.87. The van der Waals surface area contributed by atoms with Gasteiger partial charge in [-0.15, -0.1) is 0 Å². The van der Waals surface area contributed by atoms with E-state index in [1.165, 1.54) is 0 Å². The molecule has 0 spiro atoms. The molecule has 0 saturated carbocycles. The van der Waals surface area contributed by atoms with Crippen LogP contribution in [0.2, 0.25) is 5.02 Å². The molecule has 7 heteroatoms. The summed E-state index contributed by atoms with van der Waals surface area (Å²) in [5, 5.41) is 7.90. The van der Waals surface area contributed by atoms with Crippen LogP contribution in [-0.2, 0) is 11.3 Å². The summed E-state index contributed by atoms with van der Waals surface area (Å²) in [6.07, 6.45) is 2.72. The van der Waals surface area contributed by atoms with Crippen molar-refractivity contribution in [2.45, 2.75) is 38.8 Å². The molecule has 2 unspecified atom stereocenters. The minimum atomic E-state index is -0.0440. The van der Waals surface area contributed by atoms with Gasteiger partial charge in [0.05, 0.1) is 23.5 Å². The number of carbonyl (C=O) groups is 1. The van der Waals surface area contributed by atoms with Crippen LogP contribution < -0.4 is 5.32 Å². The maximum absolute atomic E-state index is 13.0. The van der Waals surface area contributed by atoms with E-state index in [9.17, 15) is 4.79 Å². The Hall–Kier alpha value is -2.70. The number of likely N-dealkylation sites (tertiary alicyclic amines) is 1. The number of aromatic nitrogens is 2. The second kappa shape index (κ2) is 10.1. The topological polar surface area (TPSA) is 71.3 Å². The highest BCUT2D eigenvalue weighted by molar-refractivity contribution is 6.33. The van der Waals surface area contributed by atoms with Crippen molar-refractivity contribution in [3.8, 4) is 11.4 Å². The van der Waals surface area contributed by atoms with E-state index in [1.807, 2.05) is 36.4 Å². The van der Waals surface area contributed by atoms with Crippen molar-refractivity contribution in [2.24, 2.45) is 5.92 Å². The normalized spacial score (nSPS) is 17.9. The standard InChI is InChI=1S/C24H27ClN4O2/c1-2-21(17-9-4-3-5-10-17)26-24(30)18-11-8-14-29(15-18)16-22-27-23(28-31-22)19-12-6-7-13-20(19)25/h3-7,9-10,12-13,18,21H,2,8,11,14-16H2,1H3,(H,26,30). The summed E-state index contributed by atoms with van der Waals surface area (Å²) in [5.41, 5.74) is 1.89. The first-order valence-corrected chi connectivity index (χ1v) is 11.2. The van der Waals surface area contributed by atoms with Crippen LogP contribution in [0.3, 0.4) is 0 Å². The van der Waals surface area contributed by atoms with E-state index in [1.54, 1.807) is 6.07 Å². The lowest BCUT2D eigenvalue weighted by Gasteiger charge is -2.32. The molecule has 0 aliphatic carbocycles. The summed E-state index contributed by atoms with van der Waals surface area (Å²) in [6.45, 7) is 4.21. The van der Waals surface area contributed by atoms with Crippen LogP contribution in [0.25, 0.3) is 11.4 Å². The molecule has 0 bridgehead atoms. The van der Waals surface area contributed by atoms with E-state index >= 15 is 0 Å². The molecule has 2 aromatic carbocycles. The highest BCUT2D eigenvalue weighted by Gasteiger charge is 2.28. The van der Waals surface area contributed by atoms with Crippen LogP contribution in [0.15, 0.2) is 59.1 Å². The van der Waals surface area contributed by atoms with Gasteiger partial charge in [0.2, 0.25) is 17.6 Å². The highest BCUT2D eigenvalue weighted by atomic mass is 35.5. The smallest absolute Gasteiger partial charge is 0.241 e. The lowest BCUT2D eigenvalue weighted by molar-refractivity contribution is -0.127. The van der Waals surface area contributed by atoms with Gasteiger partial charge in [0.15, 0.2) is 0 Å². The van der Waals surface area contributed by atoms with Crippen molar-refractivity contribution in [1.29, 1.82) is 0 Å². The number of nitrogens with zero attached hydrogens (tertiary/aromatic N) is 3. The average molecular weight is 439 g/mol. The van der Waals surface area contributed by atoms with Gasteiger partial charge < -0.3 is 9.84 Å². The fraction of sp³-hybridized carbons (Fsp3) is 0.375. The molecule has 31 heavy (non-hydrogen) atoms. The van der Waals surface area contributed by atoms with Crippen LogP contribution in [0.4, 0.5) is 0 Å². The Kier molecular flexibility index (Phi) is 6.99. The summed E-state index contributed by atoms with van der Waals surface area (Å²) in [6, 6.07) is 17.6. The monoisotopic (exact) mass is 438 g/mol. The van der Waals surface area contributed by atoms with Gasteiger partial charge >= 0.3 is 0 Å². The molecule has 1 N–H and O–H groups in total. The van der Waals surface area contributed by atoms with Crippen LogP contribution >= 0.6 is 11.6 Å². The number of benzene rings is 2. The van der Waals surface area contributed by atoms with Crippen molar-refractivity contribution in [1.82, 2.24) is 20.4 Å². The first kappa shape index (κ1) is 21.5. The number of amides is 1. The molecule has 6 nitrogen and oxygen atoms in total. The number of hydrogen-bond acceptors (Lipinski definition) is 5. The first-order chi connectivity index (χ1) is 15.1. The van der Waals surface area contributed by atoms with Gasteiger partial charge in [0.25, 0.3) is 0 Å². The van der Waals surface area contributed by atoms with Crippen LogP contribution in [0.5, 0.6) is 0 Å². The van der Waals surface area contributed by atoms with E-state index in [-0.39, 0.29) is 17.9 Å². The zero-order valence-electron chi connectivity index (χ0n) is 17.6. The lowest BCUT2D eigenvalue weighted by Crippen LogP contribution is -2.43. The number of piperidine rings is 1. The minimum absolute atomic E-state index is 0.0400. The first-order valence-electron chi connectivity index (χ1n) is 10.8. The molecule has 3 aromatic rings. The average Bonchev–Trinajstić information content (AvgIpc) is 3.26. The zero-order chi connectivity index (χ0) is 21.6. The quantitative estimate of drug-likeness (QED) is 0.569. The molecule has 1 aliphatic rings. The summed E-state index contributed by atoms with van der Waals surface area (Å²) in [4.78, 5) is 19.7. The molecule has 2 heterocycles. The van der Waals surface area contributed by atoms with Crippen molar-refractivity contribution in [3.63, 3.8) is 0 Å². The second-order valence-corrected chi connectivity index (χ2v) is 8.35. The number of rotatable bonds is 7. The number of hydrogen-bond donors (Lipinski definition) is 1. The summed E-state index contributed by atoms with van der Waals surface area (Å²) >= 11 is 6.23. The predicted molar refractivity (Wildman–Crippen MR) is 120 cm³/mol. The molecule has 4 rings (SSSR count). The van der Waals surface area contributed by atoms with Gasteiger partial charge in [-0.2, -0.15) is 4.98 Å². The molecule has 1 aliphatic heterocycles. The number of carbonyl (C=O) groups excluding carboxylic acids is 1. The molecule has 162 valence electrons. The third-order valence-corrected chi connectivity index (χ3v) is 6.07. The third-order valence-electron chi connectivity index (χ3n) is 5.74. The zero-order valence-corrected chi connectivity index (χ0v) is 18.4. The SMILES string of the molecule is CCC(NC(=O)C1CCCN(Cc2nc(-c3ccccc3Cl)no2)C1)c1ccccc1. The van der Waals surface area contributed by atoms with E-state index in [4.69, 9.17) is 16.1 Å². The van der Waals surface area contributed by atoms with Gasteiger partial charge in [-0.1, -0.05) is 66.1 Å². The van der Waals surface area contributed by atoms with E-state index in [2.05, 4.69) is 39.4 Å². The molecule has 2 atom stereocenters. The van der Waals surface area contributed by atoms with Crippen LogP contribution in [-0.4, -0.2) is 34.0 Å². The summed E-state index contributed by atoms with van der Waals surface area (Å²) < 4.78 is 5.45. The Bertz CT molecular complexity index is 1010. The number of nitrogens with one attached hydrogen (secondary N) is 1. The third kappa shape index (κ3) is 5.32. The van der Waals surface area contributed by atoms with Gasteiger partial charge in [-0.05, 0) is 43.5 Å². The van der Waals surface area contributed by atoms with Gasteiger partial charge in [-0.3, -0.25) is 9.69 Å². The van der Waals surface area contributed by atoms with Crippen molar-refractivity contribution in [2.75, 3.05) is 13.1 Å². The fourth-order valence-electron chi connectivity index (χ4n) is 4.07. The van der Waals surface area contributed by atoms with Crippen LogP contribution in [0, 0.1) is 5.92 Å². The summed E-state index contributed by atoms with van der Waals surface area (Å²) in [7, 11) is 0. The van der Waals surface area contributed by atoms with Gasteiger partial charge in [0.1, 0.15) is 0 Å². The minimum Gasteiger partial charge on any atom is -0.349 e. The lowest BCUT2D eigenvalue weighted by atomic mass is 9.95. The van der Waals surface area contributed by atoms with Crippen molar-refractivity contribution in [3.05, 3.63) is 71.1 Å². The van der Waals surface area contributed by atoms with E-state index < -0.39 is 0 Å². The van der Waals surface area contributed by atoms with Gasteiger partial charge in [-0.25, -0.2) is 0 Å². The molecule has 1 saturated heterocycles. The molecular formula is C24H27ClN4O2. The maximum Gasteiger partial charge on any atom is 0.241 e. The molecule has 1 amide bonds. The van der Waals surface area contributed by atoms with Crippen LogP contribution in [0.1, 0.15) is 43.7 Å². The largest absolute Gasteiger partial charge is 0.349 e. The second-order valence-electron chi connectivity index (χ2n) is 7.95. The van der Waals surface area contributed by atoms with E-state index in [0.29, 0.717) is 29.8 Å². The Morgan fingerprint density at radius 1 is 1.23 bits per heavy atom. The Labute approximate surface area is 187 Å². The Balaban J connectivity index is 1.36. The highest BCUT2D eigenvalue weighted by Crippen LogP contribution is 2.26. The molecular weight excluding hydrogens is 412 g/mol. The molecule has 1 fully saturated rings. The Morgan fingerprint density at radius 2 is 2.00 bits per heavy atom. The molecule has 0 radical (unpaired) electrons. The summed E-state index contributed by atoms with van der Waals surface area (Å²) in [5.74, 6) is 1.09. The number of halogens is 1. The van der Waals surface area contributed by atoms with Gasteiger partial charge in [0, 0.05) is 12.1 Å². The maximum atomic E-state index is 13.0. The molecule has 1 aromatic heterocycles. The van der Waals surface area contributed by atoms with Crippen molar-refractivity contribution >= 4 is 17.5 Å². The Morgan fingerprint density at radius 3 is 2.77 bits per heavy atom. The fourth-order valence-corrected chi connectivity index (χ4v) is 4.29.